The molecule has 188 valence electrons. The van der Waals surface area contributed by atoms with Gasteiger partial charge in [0.05, 0.1) is 24.3 Å². The van der Waals surface area contributed by atoms with Gasteiger partial charge >= 0.3 is 0 Å². The smallest absolute Gasteiger partial charge is 0.184 e. The summed E-state index contributed by atoms with van der Waals surface area (Å²) in [5.41, 5.74) is -1.13. The molecule has 0 amide bonds. The predicted octanol–water partition coefficient (Wildman–Crippen LogP) is 8.50. The van der Waals surface area contributed by atoms with Crippen molar-refractivity contribution < 1.29 is 0 Å². The number of nitrogens with zero attached hydrogens (tertiary/aromatic N) is 4. The molecule has 0 heterocycles. The van der Waals surface area contributed by atoms with Crippen molar-refractivity contribution in [2.75, 3.05) is 0 Å². The van der Waals surface area contributed by atoms with Crippen molar-refractivity contribution in [3.8, 4) is 24.3 Å². The van der Waals surface area contributed by atoms with E-state index in [1.165, 1.54) is 44.1 Å². The number of aryl methyl sites for hydroxylation is 1. The van der Waals surface area contributed by atoms with Crippen LogP contribution in [0.2, 0.25) is 0 Å². The average Bonchev–Trinajstić information content (AvgIpc) is 2.89. The van der Waals surface area contributed by atoms with E-state index in [0.717, 1.165) is 43.3 Å². The Morgan fingerprint density at radius 1 is 0.778 bits per heavy atom. The third-order valence-electron chi connectivity index (χ3n) is 7.89. The minimum Gasteiger partial charge on any atom is -0.196 e. The summed E-state index contributed by atoms with van der Waals surface area (Å²) in [6, 6.07) is 18.8. The number of hydrogen-bond acceptors (Lipinski definition) is 4. The molecule has 0 unspecified atom stereocenters. The van der Waals surface area contributed by atoms with Gasteiger partial charge in [-0.05, 0) is 36.8 Å². The maximum absolute atomic E-state index is 10.2. The van der Waals surface area contributed by atoms with Gasteiger partial charge in [-0.25, -0.2) is 0 Å². The Morgan fingerprint density at radius 3 is 1.92 bits per heavy atom. The molecule has 0 saturated heterocycles. The van der Waals surface area contributed by atoms with Crippen LogP contribution in [0, 0.1) is 61.6 Å². The molecule has 0 saturated carbocycles. The van der Waals surface area contributed by atoms with E-state index in [9.17, 15) is 21.0 Å². The van der Waals surface area contributed by atoms with Crippen LogP contribution in [0.3, 0.4) is 0 Å². The van der Waals surface area contributed by atoms with Gasteiger partial charge in [0.25, 0.3) is 0 Å². The van der Waals surface area contributed by atoms with Crippen molar-refractivity contribution in [3.05, 3.63) is 59.2 Å². The molecule has 0 radical (unpaired) electrons. The maximum atomic E-state index is 10.2. The molecule has 4 heteroatoms. The van der Waals surface area contributed by atoms with Crippen molar-refractivity contribution in [1.82, 2.24) is 0 Å². The third kappa shape index (κ3) is 6.07. The molecule has 0 atom stereocenters. The number of allylic oxidation sites excluding steroid dienone is 4. The number of benzene rings is 1. The summed E-state index contributed by atoms with van der Waals surface area (Å²) < 4.78 is 0. The lowest BCUT2D eigenvalue weighted by Crippen LogP contribution is -2.52. The highest BCUT2D eigenvalue weighted by molar-refractivity contribution is 5.51. The average molecular weight is 481 g/mol. The lowest BCUT2D eigenvalue weighted by Gasteiger charge is -2.49. The van der Waals surface area contributed by atoms with E-state index in [1.807, 2.05) is 32.0 Å². The van der Waals surface area contributed by atoms with Gasteiger partial charge in [-0.3, -0.25) is 0 Å². The highest BCUT2D eigenvalue weighted by Gasteiger charge is 2.66. The molecule has 0 fully saturated rings. The first-order valence-corrected chi connectivity index (χ1v) is 13.5. The highest BCUT2D eigenvalue weighted by atomic mass is 14.7. The van der Waals surface area contributed by atoms with Crippen LogP contribution in [0.4, 0.5) is 0 Å². The maximum Gasteiger partial charge on any atom is 0.184 e. The Hall–Kier alpha value is -3.34. The first kappa shape index (κ1) is 28.9. The zero-order chi connectivity index (χ0) is 26.5. The van der Waals surface area contributed by atoms with E-state index < -0.39 is 16.2 Å². The first-order valence-electron chi connectivity index (χ1n) is 13.5. The molecule has 0 aromatic heterocycles. The second kappa shape index (κ2) is 13.7. The Morgan fingerprint density at radius 2 is 1.36 bits per heavy atom. The Labute approximate surface area is 218 Å². The summed E-state index contributed by atoms with van der Waals surface area (Å²) in [5.74, 6) is 0. The van der Waals surface area contributed by atoms with Crippen LogP contribution < -0.4 is 0 Å². The Balaban J connectivity index is 2.31. The predicted molar refractivity (Wildman–Crippen MR) is 144 cm³/mol. The molecule has 0 bridgehead atoms. The minimum absolute atomic E-state index is 0.152. The number of nitriles is 4. The lowest BCUT2D eigenvalue weighted by molar-refractivity contribution is 0.123. The van der Waals surface area contributed by atoms with E-state index in [2.05, 4.69) is 55.5 Å². The van der Waals surface area contributed by atoms with Gasteiger partial charge in [0, 0.05) is 11.8 Å². The molecule has 0 spiro atoms. The van der Waals surface area contributed by atoms with E-state index >= 15 is 0 Å². The topological polar surface area (TPSA) is 95.2 Å². The molecule has 4 nitrogen and oxygen atoms in total. The van der Waals surface area contributed by atoms with Gasteiger partial charge in [0.1, 0.15) is 0 Å². The van der Waals surface area contributed by atoms with Crippen LogP contribution in [0.25, 0.3) is 0 Å². The minimum atomic E-state index is -1.74. The van der Waals surface area contributed by atoms with Gasteiger partial charge in [-0.1, -0.05) is 114 Å². The summed E-state index contributed by atoms with van der Waals surface area (Å²) in [6.45, 7) is 5.93. The van der Waals surface area contributed by atoms with Gasteiger partial charge in [-0.15, -0.1) is 0 Å². The number of unbranched alkanes of at least 4 members (excludes halogenated alkanes) is 7. The van der Waals surface area contributed by atoms with E-state index in [0.29, 0.717) is 0 Å². The number of rotatable bonds is 13. The Kier molecular flexibility index (Phi) is 11.0. The number of hydrogen-bond donors (Lipinski definition) is 0. The van der Waals surface area contributed by atoms with Crippen molar-refractivity contribution in [2.45, 2.75) is 97.8 Å². The molecule has 0 aliphatic heterocycles. The molecule has 1 aliphatic rings. The summed E-state index contributed by atoms with van der Waals surface area (Å²) in [7, 11) is 0. The molecule has 1 aromatic carbocycles. The standard InChI is InChI=1S/C32H40N4/c1-4-5-6-7-8-9-10-14-20-28-22-31(23-33,24-34)32(25-35,26-36)30(2,3)29(28)21-16-15-19-27-17-12-11-13-18-27/h11-13,16-18,21H,4-10,14-15,19-20,22H2,1-3H3/b21-16+. The molecular weight excluding hydrogens is 440 g/mol. The molecular formula is C32H40N4. The van der Waals surface area contributed by atoms with Crippen LogP contribution in [0.5, 0.6) is 0 Å². The molecule has 0 N–H and O–H groups in total. The van der Waals surface area contributed by atoms with Crippen molar-refractivity contribution in [3.63, 3.8) is 0 Å². The van der Waals surface area contributed by atoms with E-state index in [-0.39, 0.29) is 6.42 Å². The molecule has 2 rings (SSSR count). The highest BCUT2D eigenvalue weighted by Crippen LogP contribution is 2.62. The van der Waals surface area contributed by atoms with Gasteiger partial charge in [-0.2, -0.15) is 21.0 Å². The fourth-order valence-electron chi connectivity index (χ4n) is 5.61. The second-order valence-corrected chi connectivity index (χ2v) is 10.6. The lowest BCUT2D eigenvalue weighted by atomic mass is 9.46. The SMILES string of the molecule is CCCCCCCCCCC1=C(/C=C/CCc2ccccc2)C(C)(C)C(C#N)(C#N)C(C#N)(C#N)C1. The van der Waals surface area contributed by atoms with E-state index in [4.69, 9.17) is 0 Å². The molecule has 1 aliphatic carbocycles. The summed E-state index contributed by atoms with van der Waals surface area (Å²) in [4.78, 5) is 0. The normalized spacial score (nSPS) is 17.6. The van der Waals surface area contributed by atoms with Crippen molar-refractivity contribution in [1.29, 1.82) is 21.0 Å². The van der Waals surface area contributed by atoms with Gasteiger partial charge < -0.3 is 0 Å². The summed E-state index contributed by atoms with van der Waals surface area (Å²) in [6.07, 6.45) is 16.5. The Bertz CT molecular complexity index is 1050. The zero-order valence-electron chi connectivity index (χ0n) is 22.3. The zero-order valence-corrected chi connectivity index (χ0v) is 22.3. The third-order valence-corrected chi connectivity index (χ3v) is 7.89. The summed E-state index contributed by atoms with van der Waals surface area (Å²) in [5, 5.41) is 40.7. The van der Waals surface area contributed by atoms with E-state index in [1.54, 1.807) is 0 Å². The second-order valence-electron chi connectivity index (χ2n) is 10.6. The molecule has 36 heavy (non-hydrogen) atoms. The monoisotopic (exact) mass is 480 g/mol. The largest absolute Gasteiger partial charge is 0.196 e. The summed E-state index contributed by atoms with van der Waals surface area (Å²) >= 11 is 0. The van der Waals surface area contributed by atoms with Crippen LogP contribution in [0.15, 0.2) is 53.6 Å². The first-order chi connectivity index (χ1) is 17.4. The van der Waals surface area contributed by atoms with Gasteiger partial charge in [0.2, 0.25) is 0 Å². The fourth-order valence-corrected chi connectivity index (χ4v) is 5.61. The molecule has 1 aromatic rings. The van der Waals surface area contributed by atoms with Crippen LogP contribution in [0.1, 0.15) is 97.0 Å². The van der Waals surface area contributed by atoms with Gasteiger partial charge in [0.15, 0.2) is 10.8 Å². The van der Waals surface area contributed by atoms with Crippen molar-refractivity contribution >= 4 is 0 Å². The van der Waals surface area contributed by atoms with Crippen LogP contribution in [-0.4, -0.2) is 0 Å². The fraction of sp³-hybridized carbons (Fsp3) is 0.562. The van der Waals surface area contributed by atoms with Crippen LogP contribution in [-0.2, 0) is 6.42 Å². The quantitative estimate of drug-likeness (QED) is 0.264. The van der Waals surface area contributed by atoms with Crippen molar-refractivity contribution in [2.24, 2.45) is 16.2 Å². The van der Waals surface area contributed by atoms with Crippen LogP contribution >= 0.6 is 0 Å².